The van der Waals surface area contributed by atoms with Crippen molar-refractivity contribution in [3.63, 3.8) is 0 Å². The molecule has 0 saturated carbocycles. The monoisotopic (exact) mass is 368 g/mol. The molecule has 0 N–H and O–H groups in total. The molecule has 1 heterocycles. The van der Waals surface area contributed by atoms with Crippen LogP contribution in [0.5, 0.6) is 11.5 Å². The highest BCUT2D eigenvalue weighted by Gasteiger charge is 2.20. The van der Waals surface area contributed by atoms with Crippen LogP contribution in [0.2, 0.25) is 0 Å². The minimum absolute atomic E-state index is 0.0183. The van der Waals surface area contributed by atoms with Gasteiger partial charge in [-0.05, 0) is 67.6 Å². The average Bonchev–Trinajstić information content (AvgIpc) is 3.10. The fourth-order valence-corrected chi connectivity index (χ4v) is 3.19. The SMILES string of the molecule is CC(C)(C)n1nnnc1SCC(=O)c1ccc(Oc2ccccc2)cc1. The smallest absolute Gasteiger partial charge is 0.210 e. The van der Waals surface area contributed by atoms with E-state index in [1.165, 1.54) is 11.8 Å². The number of ether oxygens (including phenoxy) is 1. The van der Waals surface area contributed by atoms with Gasteiger partial charge in [0.1, 0.15) is 11.5 Å². The number of para-hydroxylation sites is 1. The third-order valence-electron chi connectivity index (χ3n) is 3.56. The highest BCUT2D eigenvalue weighted by Crippen LogP contribution is 2.24. The number of carbonyl (C=O) groups is 1. The zero-order valence-corrected chi connectivity index (χ0v) is 15.7. The van der Waals surface area contributed by atoms with Crippen LogP contribution in [-0.4, -0.2) is 31.7 Å². The summed E-state index contributed by atoms with van der Waals surface area (Å²) in [6.45, 7) is 6.04. The third kappa shape index (κ3) is 4.49. The summed E-state index contributed by atoms with van der Waals surface area (Å²) in [7, 11) is 0. The largest absolute Gasteiger partial charge is 0.457 e. The Bertz CT molecular complexity index is 871. The summed E-state index contributed by atoms with van der Waals surface area (Å²) in [5, 5.41) is 12.3. The van der Waals surface area contributed by atoms with E-state index >= 15 is 0 Å². The van der Waals surface area contributed by atoms with Crippen LogP contribution in [0.3, 0.4) is 0 Å². The summed E-state index contributed by atoms with van der Waals surface area (Å²) in [6.07, 6.45) is 0. The quantitative estimate of drug-likeness (QED) is 0.480. The number of aromatic nitrogens is 4. The number of Topliss-reactive ketones (excluding diaryl/α,β-unsaturated/α-hetero) is 1. The first-order chi connectivity index (χ1) is 12.4. The van der Waals surface area contributed by atoms with Gasteiger partial charge in [-0.2, -0.15) is 0 Å². The van der Waals surface area contributed by atoms with E-state index < -0.39 is 0 Å². The van der Waals surface area contributed by atoms with E-state index in [4.69, 9.17) is 4.74 Å². The molecule has 0 aliphatic rings. The Morgan fingerprint density at radius 3 is 2.35 bits per heavy atom. The Hall–Kier alpha value is -2.67. The minimum Gasteiger partial charge on any atom is -0.457 e. The Labute approximate surface area is 156 Å². The Balaban J connectivity index is 1.61. The van der Waals surface area contributed by atoms with Crippen LogP contribution in [-0.2, 0) is 5.54 Å². The van der Waals surface area contributed by atoms with Crippen LogP contribution in [0.4, 0.5) is 0 Å². The maximum atomic E-state index is 12.4. The zero-order valence-electron chi connectivity index (χ0n) is 14.9. The van der Waals surface area contributed by atoms with Crippen molar-refractivity contribution in [2.24, 2.45) is 0 Å². The number of benzene rings is 2. The van der Waals surface area contributed by atoms with Crippen molar-refractivity contribution < 1.29 is 9.53 Å². The zero-order chi connectivity index (χ0) is 18.6. The number of ketones is 1. The number of nitrogens with zero attached hydrogens (tertiary/aromatic N) is 4. The lowest BCUT2D eigenvalue weighted by atomic mass is 10.1. The molecule has 0 aliphatic heterocycles. The van der Waals surface area contributed by atoms with Gasteiger partial charge in [0.25, 0.3) is 0 Å². The second-order valence-electron chi connectivity index (χ2n) is 6.70. The lowest BCUT2D eigenvalue weighted by Crippen LogP contribution is -2.24. The molecule has 0 bridgehead atoms. The number of rotatable bonds is 6. The second kappa shape index (κ2) is 7.70. The van der Waals surface area contributed by atoms with Crippen LogP contribution in [0.25, 0.3) is 0 Å². The summed E-state index contributed by atoms with van der Waals surface area (Å²) in [6, 6.07) is 16.7. The van der Waals surface area contributed by atoms with Crippen LogP contribution in [0.15, 0.2) is 59.8 Å². The molecule has 0 spiro atoms. The molecule has 3 aromatic rings. The highest BCUT2D eigenvalue weighted by atomic mass is 32.2. The predicted octanol–water partition coefficient (Wildman–Crippen LogP) is 4.20. The van der Waals surface area contributed by atoms with Crippen molar-refractivity contribution in [1.29, 1.82) is 0 Å². The van der Waals surface area contributed by atoms with Crippen LogP contribution >= 0.6 is 11.8 Å². The van der Waals surface area contributed by atoms with E-state index in [9.17, 15) is 4.79 Å². The van der Waals surface area contributed by atoms with Gasteiger partial charge in [-0.15, -0.1) is 5.10 Å². The van der Waals surface area contributed by atoms with Gasteiger partial charge >= 0.3 is 0 Å². The third-order valence-corrected chi connectivity index (χ3v) is 4.48. The van der Waals surface area contributed by atoms with Gasteiger partial charge in [0.05, 0.1) is 11.3 Å². The first kappa shape index (κ1) is 18.1. The maximum absolute atomic E-state index is 12.4. The van der Waals surface area contributed by atoms with Crippen molar-refractivity contribution in [1.82, 2.24) is 20.2 Å². The topological polar surface area (TPSA) is 69.9 Å². The normalized spacial score (nSPS) is 11.3. The van der Waals surface area contributed by atoms with E-state index in [-0.39, 0.29) is 17.1 Å². The van der Waals surface area contributed by atoms with Crippen molar-refractivity contribution in [3.8, 4) is 11.5 Å². The maximum Gasteiger partial charge on any atom is 0.210 e. The molecule has 0 amide bonds. The molecule has 0 radical (unpaired) electrons. The minimum atomic E-state index is -0.231. The molecule has 134 valence electrons. The summed E-state index contributed by atoms with van der Waals surface area (Å²) in [5.41, 5.74) is 0.401. The Morgan fingerprint density at radius 2 is 1.69 bits per heavy atom. The summed E-state index contributed by atoms with van der Waals surface area (Å²) in [5.74, 6) is 1.74. The van der Waals surface area contributed by atoms with Gasteiger partial charge in [-0.1, -0.05) is 30.0 Å². The lowest BCUT2D eigenvalue weighted by molar-refractivity contribution is 0.102. The van der Waals surface area contributed by atoms with Gasteiger partial charge in [-0.25, -0.2) is 4.68 Å². The molecule has 2 aromatic carbocycles. The van der Waals surface area contributed by atoms with Crippen molar-refractivity contribution in [2.45, 2.75) is 31.5 Å². The first-order valence-electron chi connectivity index (χ1n) is 8.21. The molecule has 26 heavy (non-hydrogen) atoms. The summed E-state index contributed by atoms with van der Waals surface area (Å²) in [4.78, 5) is 12.4. The van der Waals surface area contributed by atoms with Gasteiger partial charge in [0.15, 0.2) is 5.78 Å². The van der Waals surface area contributed by atoms with Crippen LogP contribution in [0, 0.1) is 0 Å². The Kier molecular flexibility index (Phi) is 5.37. The number of hydrogen-bond donors (Lipinski definition) is 0. The number of carbonyl (C=O) groups excluding carboxylic acids is 1. The molecule has 6 nitrogen and oxygen atoms in total. The van der Waals surface area contributed by atoms with Crippen LogP contribution in [0.1, 0.15) is 31.1 Å². The number of thioether (sulfide) groups is 1. The fourth-order valence-electron chi connectivity index (χ4n) is 2.24. The van der Waals surface area contributed by atoms with Crippen molar-refractivity contribution in [3.05, 3.63) is 60.2 Å². The van der Waals surface area contributed by atoms with E-state index in [1.54, 1.807) is 28.9 Å². The molecule has 3 rings (SSSR count). The van der Waals surface area contributed by atoms with Crippen LogP contribution < -0.4 is 4.74 Å². The second-order valence-corrected chi connectivity index (χ2v) is 7.64. The van der Waals surface area contributed by atoms with E-state index in [0.29, 0.717) is 16.5 Å². The van der Waals surface area contributed by atoms with Gasteiger partial charge < -0.3 is 4.74 Å². The van der Waals surface area contributed by atoms with Crippen molar-refractivity contribution >= 4 is 17.5 Å². The molecule has 1 aromatic heterocycles. The average molecular weight is 368 g/mol. The lowest BCUT2D eigenvalue weighted by Gasteiger charge is -2.19. The van der Waals surface area contributed by atoms with E-state index in [0.717, 1.165) is 5.75 Å². The van der Waals surface area contributed by atoms with E-state index in [2.05, 4.69) is 15.5 Å². The van der Waals surface area contributed by atoms with E-state index in [1.807, 2.05) is 51.1 Å². The molecule has 0 saturated heterocycles. The highest BCUT2D eigenvalue weighted by molar-refractivity contribution is 7.99. The molecule has 0 fully saturated rings. The molecular formula is C19H20N4O2S. The fraction of sp³-hybridized carbons (Fsp3) is 0.263. The first-order valence-corrected chi connectivity index (χ1v) is 9.20. The van der Waals surface area contributed by atoms with Gasteiger partial charge in [0.2, 0.25) is 5.16 Å². The van der Waals surface area contributed by atoms with Crippen molar-refractivity contribution in [2.75, 3.05) is 5.75 Å². The predicted molar refractivity (Wildman–Crippen MR) is 101 cm³/mol. The molecule has 0 atom stereocenters. The summed E-state index contributed by atoms with van der Waals surface area (Å²) < 4.78 is 7.46. The summed E-state index contributed by atoms with van der Waals surface area (Å²) >= 11 is 1.34. The number of tetrazole rings is 1. The molecule has 0 unspecified atom stereocenters. The number of hydrogen-bond acceptors (Lipinski definition) is 6. The Morgan fingerprint density at radius 1 is 1.04 bits per heavy atom. The molecule has 7 heteroatoms. The standard InChI is InChI=1S/C19H20N4O2S/c1-19(2,3)23-18(20-21-22-23)26-13-17(24)14-9-11-16(12-10-14)25-15-7-5-4-6-8-15/h4-12H,13H2,1-3H3. The van der Waals surface area contributed by atoms with Gasteiger partial charge in [0, 0.05) is 5.56 Å². The molecule has 0 aliphatic carbocycles. The van der Waals surface area contributed by atoms with Gasteiger partial charge in [-0.3, -0.25) is 4.79 Å². The molecular weight excluding hydrogens is 348 g/mol.